The summed E-state index contributed by atoms with van der Waals surface area (Å²) >= 11 is 0. The number of hydrogen-bond acceptors (Lipinski definition) is 7. The Balaban J connectivity index is 1.87. The first-order chi connectivity index (χ1) is 12.7. The van der Waals surface area contributed by atoms with Crippen molar-refractivity contribution in [1.82, 2.24) is 25.3 Å². The van der Waals surface area contributed by atoms with E-state index in [0.29, 0.717) is 17.2 Å². The van der Waals surface area contributed by atoms with Crippen molar-refractivity contribution in [1.29, 1.82) is 0 Å². The second-order valence-corrected chi connectivity index (χ2v) is 6.12. The fourth-order valence-corrected chi connectivity index (χ4v) is 3.12. The Morgan fingerprint density at radius 2 is 1.62 bits per heavy atom. The molecule has 0 aliphatic carbocycles. The van der Waals surface area contributed by atoms with Gasteiger partial charge >= 0.3 is 0 Å². The Hall–Kier alpha value is -3.32. The number of hydrogen-bond donors (Lipinski definition) is 3. The molecular formula is C19H19N7. The lowest BCUT2D eigenvalue weighted by Gasteiger charge is -2.23. The van der Waals surface area contributed by atoms with Crippen LogP contribution in [-0.2, 0) is 0 Å². The molecule has 7 heteroatoms. The summed E-state index contributed by atoms with van der Waals surface area (Å²) in [6.07, 6.45) is 9.40. The van der Waals surface area contributed by atoms with Crippen molar-refractivity contribution in [3.8, 4) is 11.4 Å². The minimum absolute atomic E-state index is 0.537. The van der Waals surface area contributed by atoms with Crippen LogP contribution in [-0.4, -0.2) is 33.0 Å². The number of anilines is 2. The minimum atomic E-state index is 0.537. The van der Waals surface area contributed by atoms with E-state index in [1.807, 2.05) is 24.4 Å². The fraction of sp³-hybridized carbons (Fsp3) is 0.158. The Morgan fingerprint density at radius 1 is 0.808 bits per heavy atom. The van der Waals surface area contributed by atoms with Gasteiger partial charge in [0.25, 0.3) is 0 Å². The zero-order valence-corrected chi connectivity index (χ0v) is 14.2. The van der Waals surface area contributed by atoms with Gasteiger partial charge < -0.3 is 16.8 Å². The Morgan fingerprint density at radius 3 is 2.38 bits per heavy atom. The molecule has 5 N–H and O–H groups in total. The zero-order chi connectivity index (χ0) is 17.9. The number of nitrogens with one attached hydrogen (secondary N) is 1. The van der Waals surface area contributed by atoms with Gasteiger partial charge in [-0.1, -0.05) is 0 Å². The first-order valence-corrected chi connectivity index (χ1v) is 8.39. The highest BCUT2D eigenvalue weighted by Crippen LogP contribution is 2.34. The third kappa shape index (κ3) is 3.12. The van der Waals surface area contributed by atoms with Crippen molar-refractivity contribution < 1.29 is 0 Å². The normalized spacial score (nSPS) is 14.5. The van der Waals surface area contributed by atoms with Gasteiger partial charge in [0.1, 0.15) is 0 Å². The number of nitrogens with zero attached hydrogens (tertiary/aromatic N) is 4. The van der Waals surface area contributed by atoms with E-state index >= 15 is 0 Å². The molecule has 0 unspecified atom stereocenters. The number of rotatable bonds is 3. The molecular weight excluding hydrogens is 326 g/mol. The molecule has 0 aromatic carbocycles. The van der Waals surface area contributed by atoms with Crippen LogP contribution in [0.3, 0.4) is 0 Å². The van der Waals surface area contributed by atoms with E-state index in [1.165, 1.54) is 5.57 Å². The number of pyridine rings is 2. The quantitative estimate of drug-likeness (QED) is 0.665. The van der Waals surface area contributed by atoms with E-state index in [9.17, 15) is 0 Å². The largest absolute Gasteiger partial charge is 0.397 e. The summed E-state index contributed by atoms with van der Waals surface area (Å²) in [6.45, 7) is 1.63. The molecule has 0 radical (unpaired) electrons. The van der Waals surface area contributed by atoms with Crippen molar-refractivity contribution in [2.75, 3.05) is 24.6 Å². The smallest absolute Gasteiger partial charge is 0.159 e. The van der Waals surface area contributed by atoms with Crippen molar-refractivity contribution in [2.45, 2.75) is 6.42 Å². The topological polar surface area (TPSA) is 116 Å². The van der Waals surface area contributed by atoms with Crippen molar-refractivity contribution in [3.05, 3.63) is 60.4 Å². The number of aromatic nitrogens is 4. The van der Waals surface area contributed by atoms with Crippen LogP contribution in [0.15, 0.2) is 49.2 Å². The van der Waals surface area contributed by atoms with Gasteiger partial charge in [-0.05, 0) is 42.3 Å². The van der Waals surface area contributed by atoms with E-state index in [0.717, 1.165) is 41.9 Å². The second kappa shape index (κ2) is 6.89. The van der Waals surface area contributed by atoms with Crippen LogP contribution in [0.2, 0.25) is 0 Å². The monoisotopic (exact) mass is 345 g/mol. The molecule has 0 saturated heterocycles. The lowest BCUT2D eigenvalue weighted by molar-refractivity contribution is 0.747. The molecule has 26 heavy (non-hydrogen) atoms. The fourth-order valence-electron chi connectivity index (χ4n) is 3.12. The summed E-state index contributed by atoms with van der Waals surface area (Å²) in [5.74, 6) is 0.624. The molecule has 0 fully saturated rings. The average Bonchev–Trinajstić information content (AvgIpc) is 2.69. The number of nitrogens with two attached hydrogens (primary N) is 2. The predicted molar refractivity (Wildman–Crippen MR) is 103 cm³/mol. The molecule has 3 aromatic rings. The highest BCUT2D eigenvalue weighted by Gasteiger charge is 2.20. The van der Waals surface area contributed by atoms with Crippen LogP contribution < -0.4 is 16.8 Å². The predicted octanol–water partition coefficient (Wildman–Crippen LogP) is 2.00. The lowest BCUT2D eigenvalue weighted by Crippen LogP contribution is -2.24. The standard InChI is InChI=1S/C19H19N7/c20-12-1-2-18(24-7-12)14-3-5-22-10-16(14)17-11-23-6-4-15(17)19-25-8-13(21)9-26-19/h1-2,4,6-9,11,22H,3,5,10,20-21H2. The van der Waals surface area contributed by atoms with Gasteiger partial charge in [-0.2, -0.15) is 0 Å². The summed E-state index contributed by atoms with van der Waals surface area (Å²) < 4.78 is 0. The summed E-state index contributed by atoms with van der Waals surface area (Å²) in [5.41, 5.74) is 17.9. The van der Waals surface area contributed by atoms with Crippen LogP contribution in [0.4, 0.5) is 11.4 Å². The maximum Gasteiger partial charge on any atom is 0.159 e. The van der Waals surface area contributed by atoms with E-state index in [1.54, 1.807) is 24.8 Å². The molecule has 0 spiro atoms. The van der Waals surface area contributed by atoms with E-state index < -0.39 is 0 Å². The first kappa shape index (κ1) is 16.2. The van der Waals surface area contributed by atoms with Crippen molar-refractivity contribution in [3.63, 3.8) is 0 Å². The Bertz CT molecular complexity index is 946. The molecule has 130 valence electrons. The molecule has 0 atom stereocenters. The molecule has 1 aliphatic rings. The summed E-state index contributed by atoms with van der Waals surface area (Å²) in [6, 6.07) is 5.77. The molecule has 4 rings (SSSR count). The molecule has 7 nitrogen and oxygen atoms in total. The van der Waals surface area contributed by atoms with Crippen molar-refractivity contribution >= 4 is 22.5 Å². The van der Waals surface area contributed by atoms with Crippen LogP contribution >= 0.6 is 0 Å². The highest BCUT2D eigenvalue weighted by molar-refractivity contribution is 5.95. The highest BCUT2D eigenvalue weighted by atomic mass is 14.9. The third-order valence-electron chi connectivity index (χ3n) is 4.37. The molecule has 0 amide bonds. The second-order valence-electron chi connectivity index (χ2n) is 6.12. The third-order valence-corrected chi connectivity index (χ3v) is 4.37. The van der Waals surface area contributed by atoms with Crippen LogP contribution in [0.5, 0.6) is 0 Å². The van der Waals surface area contributed by atoms with Gasteiger partial charge in [-0.25, -0.2) is 9.97 Å². The van der Waals surface area contributed by atoms with Gasteiger partial charge in [0, 0.05) is 30.1 Å². The molecule has 1 aliphatic heterocycles. The van der Waals surface area contributed by atoms with Crippen molar-refractivity contribution in [2.24, 2.45) is 0 Å². The SMILES string of the molecule is Nc1ccc(C2=C(c3cnccc3-c3ncc(N)cn3)CNCC2)nc1. The summed E-state index contributed by atoms with van der Waals surface area (Å²) in [5, 5.41) is 3.43. The van der Waals surface area contributed by atoms with Crippen LogP contribution in [0.1, 0.15) is 17.7 Å². The lowest BCUT2D eigenvalue weighted by atomic mass is 9.90. The van der Waals surface area contributed by atoms with E-state index in [4.69, 9.17) is 11.5 Å². The average molecular weight is 345 g/mol. The summed E-state index contributed by atoms with van der Waals surface area (Å²) in [4.78, 5) is 17.6. The van der Waals surface area contributed by atoms with Crippen LogP contribution in [0.25, 0.3) is 22.5 Å². The summed E-state index contributed by atoms with van der Waals surface area (Å²) in [7, 11) is 0. The molecule has 0 saturated carbocycles. The zero-order valence-electron chi connectivity index (χ0n) is 14.2. The van der Waals surface area contributed by atoms with Crippen LogP contribution in [0, 0.1) is 0 Å². The maximum absolute atomic E-state index is 5.79. The molecule has 4 heterocycles. The molecule has 0 bridgehead atoms. The number of nitrogen functional groups attached to an aromatic ring is 2. The first-order valence-electron chi connectivity index (χ1n) is 8.39. The Labute approximate surface area is 151 Å². The van der Waals surface area contributed by atoms with Gasteiger partial charge in [0.2, 0.25) is 0 Å². The molecule has 3 aromatic heterocycles. The van der Waals surface area contributed by atoms with E-state index in [-0.39, 0.29) is 0 Å². The minimum Gasteiger partial charge on any atom is -0.397 e. The van der Waals surface area contributed by atoms with Gasteiger partial charge in [0.15, 0.2) is 5.82 Å². The Kier molecular flexibility index (Phi) is 4.28. The maximum atomic E-state index is 5.79. The van der Waals surface area contributed by atoms with Gasteiger partial charge in [-0.15, -0.1) is 0 Å². The van der Waals surface area contributed by atoms with Gasteiger partial charge in [0.05, 0.1) is 35.7 Å². The van der Waals surface area contributed by atoms with Gasteiger partial charge in [-0.3, -0.25) is 9.97 Å². The van der Waals surface area contributed by atoms with E-state index in [2.05, 4.69) is 25.3 Å².